The normalized spacial score (nSPS) is 17.5. The molecule has 0 spiro atoms. The third kappa shape index (κ3) is 3.45. The molecule has 1 atom stereocenters. The first-order valence-electron chi connectivity index (χ1n) is 7.81. The summed E-state index contributed by atoms with van der Waals surface area (Å²) in [5.74, 6) is 0.0508. The van der Waals surface area contributed by atoms with E-state index in [9.17, 15) is 9.59 Å². The van der Waals surface area contributed by atoms with Crippen LogP contribution in [0.1, 0.15) is 17.7 Å². The molecule has 1 aromatic carbocycles. The summed E-state index contributed by atoms with van der Waals surface area (Å²) >= 11 is 1.66. The zero-order chi connectivity index (χ0) is 16.2. The number of para-hydroxylation sites is 1. The molecule has 1 aliphatic rings. The Balaban J connectivity index is 1.60. The Morgan fingerprint density at radius 2 is 2.04 bits per heavy atom. The van der Waals surface area contributed by atoms with Crippen LogP contribution in [-0.2, 0) is 16.0 Å². The highest BCUT2D eigenvalue weighted by molar-refractivity contribution is 7.09. The molecule has 1 saturated heterocycles. The minimum absolute atomic E-state index is 0.0168. The van der Waals surface area contributed by atoms with Crippen molar-refractivity contribution in [3.05, 3.63) is 52.7 Å². The number of aryl methyl sites for hydroxylation is 1. The molecule has 0 aliphatic carbocycles. The molecular formula is C18H20N2O2S. The van der Waals surface area contributed by atoms with Gasteiger partial charge in [0.25, 0.3) is 0 Å². The standard InChI is InChI=1S/C18H20N2O2S/c1-19(17(21)10-9-15-8-5-13-23-15)16-11-12-20(18(16)22)14-6-3-2-4-7-14/h2-8,13,16H,9-12H2,1H3/t16-/m0/s1. The molecule has 1 aromatic heterocycles. The molecule has 4 nitrogen and oxygen atoms in total. The molecule has 1 fully saturated rings. The van der Waals surface area contributed by atoms with Gasteiger partial charge in [-0.15, -0.1) is 11.3 Å². The van der Waals surface area contributed by atoms with E-state index in [-0.39, 0.29) is 17.9 Å². The number of carbonyl (C=O) groups excluding carboxylic acids is 2. The lowest BCUT2D eigenvalue weighted by atomic mass is 10.2. The quantitative estimate of drug-likeness (QED) is 0.847. The fourth-order valence-corrected chi connectivity index (χ4v) is 3.63. The number of thiophene rings is 1. The Bertz CT molecular complexity index is 670. The number of anilines is 1. The minimum atomic E-state index is -0.342. The highest BCUT2D eigenvalue weighted by Gasteiger charge is 2.36. The molecular weight excluding hydrogens is 308 g/mol. The second-order valence-electron chi connectivity index (χ2n) is 5.71. The summed E-state index contributed by atoms with van der Waals surface area (Å²) in [6.45, 7) is 0.663. The van der Waals surface area contributed by atoms with Crippen LogP contribution in [0.15, 0.2) is 47.8 Å². The van der Waals surface area contributed by atoms with Crippen molar-refractivity contribution in [3.63, 3.8) is 0 Å². The van der Waals surface area contributed by atoms with Crippen molar-refractivity contribution in [1.29, 1.82) is 0 Å². The second-order valence-corrected chi connectivity index (χ2v) is 6.75. The maximum Gasteiger partial charge on any atom is 0.249 e. The number of hydrogen-bond donors (Lipinski definition) is 0. The molecule has 0 bridgehead atoms. The lowest BCUT2D eigenvalue weighted by molar-refractivity contribution is -0.136. The Kier molecular flexibility index (Phi) is 4.76. The van der Waals surface area contributed by atoms with E-state index in [0.29, 0.717) is 19.4 Å². The van der Waals surface area contributed by atoms with Crippen LogP contribution in [-0.4, -0.2) is 36.3 Å². The first-order valence-corrected chi connectivity index (χ1v) is 8.69. The Morgan fingerprint density at radius 3 is 2.74 bits per heavy atom. The molecule has 2 amide bonds. The average Bonchev–Trinajstić information content (AvgIpc) is 3.22. The van der Waals surface area contributed by atoms with Crippen molar-refractivity contribution < 1.29 is 9.59 Å². The van der Waals surface area contributed by atoms with Gasteiger partial charge in [0.2, 0.25) is 11.8 Å². The first-order chi connectivity index (χ1) is 11.2. The maximum atomic E-state index is 12.6. The summed E-state index contributed by atoms with van der Waals surface area (Å²) in [6.07, 6.45) is 1.88. The summed E-state index contributed by atoms with van der Waals surface area (Å²) in [5.41, 5.74) is 0.902. The van der Waals surface area contributed by atoms with E-state index >= 15 is 0 Å². The summed E-state index contributed by atoms with van der Waals surface area (Å²) in [4.78, 5) is 29.6. The molecule has 0 saturated carbocycles. The van der Waals surface area contributed by atoms with Crippen molar-refractivity contribution in [2.45, 2.75) is 25.3 Å². The number of likely N-dealkylation sites (N-methyl/N-ethyl adjacent to an activating group) is 1. The fourth-order valence-electron chi connectivity index (χ4n) is 2.92. The van der Waals surface area contributed by atoms with Crippen molar-refractivity contribution in [2.24, 2.45) is 0 Å². The third-order valence-electron chi connectivity index (χ3n) is 4.27. The maximum absolute atomic E-state index is 12.6. The summed E-state index contributed by atoms with van der Waals surface area (Å²) < 4.78 is 0. The first kappa shape index (κ1) is 15.7. The summed E-state index contributed by atoms with van der Waals surface area (Å²) in [6, 6.07) is 13.3. The average molecular weight is 328 g/mol. The van der Waals surface area contributed by atoms with Crippen LogP contribution in [0.2, 0.25) is 0 Å². The van der Waals surface area contributed by atoms with E-state index in [1.54, 1.807) is 28.2 Å². The molecule has 0 N–H and O–H groups in total. The van der Waals surface area contributed by atoms with Crippen molar-refractivity contribution in [3.8, 4) is 0 Å². The van der Waals surface area contributed by atoms with Gasteiger partial charge in [0.1, 0.15) is 6.04 Å². The highest BCUT2D eigenvalue weighted by Crippen LogP contribution is 2.24. The number of benzene rings is 1. The van der Waals surface area contributed by atoms with E-state index in [2.05, 4.69) is 0 Å². The van der Waals surface area contributed by atoms with Crippen molar-refractivity contribution >= 4 is 28.8 Å². The molecule has 120 valence electrons. The van der Waals surface area contributed by atoms with Gasteiger partial charge in [-0.1, -0.05) is 24.3 Å². The van der Waals surface area contributed by atoms with Crippen molar-refractivity contribution in [2.75, 3.05) is 18.5 Å². The van der Waals surface area contributed by atoms with Crippen LogP contribution in [0.3, 0.4) is 0 Å². The van der Waals surface area contributed by atoms with E-state index in [4.69, 9.17) is 0 Å². The monoisotopic (exact) mass is 328 g/mol. The van der Waals surface area contributed by atoms with Gasteiger partial charge in [-0.3, -0.25) is 9.59 Å². The Morgan fingerprint density at radius 1 is 1.26 bits per heavy atom. The van der Waals surface area contributed by atoms with Crippen LogP contribution in [0.4, 0.5) is 5.69 Å². The molecule has 0 radical (unpaired) electrons. The number of rotatable bonds is 5. The fraction of sp³-hybridized carbons (Fsp3) is 0.333. The number of carbonyl (C=O) groups is 2. The van der Waals surface area contributed by atoms with Gasteiger partial charge in [0.15, 0.2) is 0 Å². The van der Waals surface area contributed by atoms with Crippen LogP contribution >= 0.6 is 11.3 Å². The van der Waals surface area contributed by atoms with Crippen molar-refractivity contribution in [1.82, 2.24) is 4.90 Å². The van der Waals surface area contributed by atoms with Gasteiger partial charge in [-0.25, -0.2) is 0 Å². The SMILES string of the molecule is CN(C(=O)CCc1cccs1)[C@H]1CCN(c2ccccc2)C1=O. The van der Waals surface area contributed by atoms with Gasteiger partial charge in [0, 0.05) is 30.6 Å². The second kappa shape index (κ2) is 6.96. The Labute approximate surface area is 140 Å². The highest BCUT2D eigenvalue weighted by atomic mass is 32.1. The molecule has 5 heteroatoms. The van der Waals surface area contributed by atoms with E-state index in [1.165, 1.54) is 4.88 Å². The number of amides is 2. The molecule has 3 rings (SSSR count). The predicted molar refractivity (Wildman–Crippen MR) is 92.6 cm³/mol. The van der Waals surface area contributed by atoms with Crippen LogP contribution < -0.4 is 4.90 Å². The van der Waals surface area contributed by atoms with Gasteiger partial charge >= 0.3 is 0 Å². The molecule has 2 aromatic rings. The predicted octanol–water partition coefficient (Wildman–Crippen LogP) is 2.94. The summed E-state index contributed by atoms with van der Waals surface area (Å²) in [5, 5.41) is 2.02. The minimum Gasteiger partial charge on any atom is -0.334 e. The largest absolute Gasteiger partial charge is 0.334 e. The number of nitrogens with zero attached hydrogens (tertiary/aromatic N) is 2. The van der Waals surface area contributed by atoms with Crippen LogP contribution in [0.25, 0.3) is 0 Å². The van der Waals surface area contributed by atoms with E-state index < -0.39 is 0 Å². The van der Waals surface area contributed by atoms with Gasteiger partial charge in [0.05, 0.1) is 0 Å². The van der Waals surface area contributed by atoms with Gasteiger partial charge in [-0.05, 0) is 36.4 Å². The van der Waals surface area contributed by atoms with Gasteiger partial charge in [-0.2, -0.15) is 0 Å². The zero-order valence-corrected chi connectivity index (χ0v) is 14.0. The number of hydrogen-bond acceptors (Lipinski definition) is 3. The molecule has 2 heterocycles. The van der Waals surface area contributed by atoms with Crippen LogP contribution in [0, 0.1) is 0 Å². The van der Waals surface area contributed by atoms with E-state index in [0.717, 1.165) is 12.1 Å². The lowest BCUT2D eigenvalue weighted by Gasteiger charge is -2.24. The molecule has 23 heavy (non-hydrogen) atoms. The summed E-state index contributed by atoms with van der Waals surface area (Å²) in [7, 11) is 1.74. The Hall–Kier alpha value is -2.14. The zero-order valence-electron chi connectivity index (χ0n) is 13.1. The molecule has 1 aliphatic heterocycles. The lowest BCUT2D eigenvalue weighted by Crippen LogP contribution is -2.43. The van der Waals surface area contributed by atoms with E-state index in [1.807, 2.05) is 47.8 Å². The molecule has 0 unspecified atom stereocenters. The third-order valence-corrected chi connectivity index (χ3v) is 5.21. The van der Waals surface area contributed by atoms with Crippen LogP contribution in [0.5, 0.6) is 0 Å². The van der Waals surface area contributed by atoms with Gasteiger partial charge < -0.3 is 9.80 Å². The topological polar surface area (TPSA) is 40.6 Å². The smallest absolute Gasteiger partial charge is 0.249 e.